The van der Waals surface area contributed by atoms with Crippen LogP contribution in [0.3, 0.4) is 0 Å². The first-order valence-corrected chi connectivity index (χ1v) is 5.61. The molecule has 1 aromatic heterocycles. The summed E-state index contributed by atoms with van der Waals surface area (Å²) in [5.74, 6) is -0.982. The average molecular weight is 283 g/mol. The highest BCUT2D eigenvalue weighted by Gasteiger charge is 2.14. The number of nitrogens with two attached hydrogens (primary N) is 1. The van der Waals surface area contributed by atoms with Gasteiger partial charge in [0.15, 0.2) is 0 Å². The van der Waals surface area contributed by atoms with Crippen LogP contribution in [0.1, 0.15) is 5.56 Å². The van der Waals surface area contributed by atoms with Crippen LogP contribution in [0.15, 0.2) is 28.9 Å². The van der Waals surface area contributed by atoms with E-state index in [0.717, 1.165) is 20.9 Å². The van der Waals surface area contributed by atoms with Gasteiger partial charge in [0.2, 0.25) is 0 Å². The lowest BCUT2D eigenvalue weighted by Gasteiger charge is -2.04. The molecule has 0 aliphatic carbocycles. The fourth-order valence-corrected chi connectivity index (χ4v) is 2.00. The summed E-state index contributed by atoms with van der Waals surface area (Å²) in [6.45, 7) is 0. The van der Waals surface area contributed by atoms with Crippen LogP contribution in [0.4, 0.5) is 0 Å². The number of aromatic nitrogens is 1. The molecule has 4 nitrogen and oxygen atoms in total. The number of H-pyrrole nitrogens is 1. The first-order valence-electron chi connectivity index (χ1n) is 4.82. The number of hydrogen-bond acceptors (Lipinski definition) is 2. The molecule has 0 saturated heterocycles. The van der Waals surface area contributed by atoms with Crippen LogP contribution in [-0.2, 0) is 11.2 Å². The predicted molar refractivity (Wildman–Crippen MR) is 65.3 cm³/mol. The molecule has 0 amide bonds. The second-order valence-electron chi connectivity index (χ2n) is 3.65. The molecular formula is C11H11BrN2O2. The fraction of sp³-hybridized carbons (Fsp3) is 0.182. The molecule has 1 atom stereocenters. The molecular weight excluding hydrogens is 272 g/mol. The Balaban J connectivity index is 2.37. The third-order valence-corrected chi connectivity index (χ3v) is 2.98. The molecule has 4 N–H and O–H groups in total. The van der Waals surface area contributed by atoms with E-state index in [1.165, 1.54) is 0 Å². The van der Waals surface area contributed by atoms with Gasteiger partial charge in [-0.05, 0) is 23.8 Å². The van der Waals surface area contributed by atoms with Gasteiger partial charge >= 0.3 is 5.97 Å². The monoisotopic (exact) mass is 282 g/mol. The van der Waals surface area contributed by atoms with E-state index in [9.17, 15) is 4.79 Å². The zero-order valence-corrected chi connectivity index (χ0v) is 9.99. The van der Waals surface area contributed by atoms with E-state index in [-0.39, 0.29) is 0 Å². The van der Waals surface area contributed by atoms with E-state index < -0.39 is 12.0 Å². The Morgan fingerprint density at radius 3 is 3.00 bits per heavy atom. The standard InChI is InChI=1S/C11H11BrN2O2/c12-7-1-2-10-8(4-7)6(5-14-10)3-9(13)11(15)16/h1-2,4-5,9,14H,3,13H2,(H,15,16)/t9-/m0/s1. The normalized spacial score (nSPS) is 12.9. The number of carbonyl (C=O) groups is 1. The topological polar surface area (TPSA) is 79.1 Å². The van der Waals surface area contributed by atoms with Gasteiger partial charge in [-0.25, -0.2) is 0 Å². The maximum absolute atomic E-state index is 10.7. The smallest absolute Gasteiger partial charge is 0.320 e. The predicted octanol–water partition coefficient (Wildman–Crippen LogP) is 1.88. The van der Waals surface area contributed by atoms with Gasteiger partial charge in [-0.2, -0.15) is 0 Å². The number of carboxylic acids is 1. The summed E-state index contributed by atoms with van der Waals surface area (Å²) < 4.78 is 0.963. The van der Waals surface area contributed by atoms with Crippen molar-refractivity contribution in [3.05, 3.63) is 34.4 Å². The molecule has 1 aromatic carbocycles. The van der Waals surface area contributed by atoms with Crippen LogP contribution < -0.4 is 5.73 Å². The molecule has 84 valence electrons. The van der Waals surface area contributed by atoms with Gasteiger partial charge in [0, 0.05) is 28.0 Å². The summed E-state index contributed by atoms with van der Waals surface area (Å²) in [6, 6.07) is 4.96. The minimum atomic E-state index is -0.982. The Hall–Kier alpha value is -1.33. The minimum absolute atomic E-state index is 0.325. The Bertz CT molecular complexity index is 536. The molecule has 5 heteroatoms. The second kappa shape index (κ2) is 4.27. The first kappa shape index (κ1) is 11.2. The Labute approximate surface area is 101 Å². The largest absolute Gasteiger partial charge is 0.480 e. The molecule has 0 aliphatic rings. The summed E-state index contributed by atoms with van der Waals surface area (Å²) in [5.41, 5.74) is 7.42. The summed E-state index contributed by atoms with van der Waals surface area (Å²) in [5, 5.41) is 9.77. The minimum Gasteiger partial charge on any atom is -0.480 e. The molecule has 0 saturated carbocycles. The van der Waals surface area contributed by atoms with Gasteiger partial charge in [0.05, 0.1) is 0 Å². The van der Waals surface area contributed by atoms with E-state index in [1.54, 1.807) is 6.20 Å². The molecule has 16 heavy (non-hydrogen) atoms. The maximum Gasteiger partial charge on any atom is 0.320 e. The number of rotatable bonds is 3. The summed E-state index contributed by atoms with van der Waals surface area (Å²) in [6.07, 6.45) is 2.13. The van der Waals surface area contributed by atoms with Crippen molar-refractivity contribution in [2.75, 3.05) is 0 Å². The highest BCUT2D eigenvalue weighted by Crippen LogP contribution is 2.23. The number of hydrogen-bond donors (Lipinski definition) is 3. The number of carboxylic acid groups (broad SMARTS) is 1. The fourth-order valence-electron chi connectivity index (χ4n) is 1.64. The number of aromatic amines is 1. The van der Waals surface area contributed by atoms with E-state index in [0.29, 0.717) is 6.42 Å². The van der Waals surface area contributed by atoms with Gasteiger partial charge in [-0.1, -0.05) is 15.9 Å². The van der Waals surface area contributed by atoms with E-state index >= 15 is 0 Å². The lowest BCUT2D eigenvalue weighted by molar-refractivity contribution is -0.138. The Kier molecular flexibility index (Phi) is 2.98. The van der Waals surface area contributed by atoms with Crippen molar-refractivity contribution in [3.8, 4) is 0 Å². The molecule has 2 rings (SSSR count). The third kappa shape index (κ3) is 2.10. The quantitative estimate of drug-likeness (QED) is 0.804. The van der Waals surface area contributed by atoms with E-state index in [4.69, 9.17) is 10.8 Å². The van der Waals surface area contributed by atoms with Crippen molar-refractivity contribution in [1.29, 1.82) is 0 Å². The number of nitrogens with one attached hydrogen (secondary N) is 1. The molecule has 0 unspecified atom stereocenters. The van der Waals surface area contributed by atoms with Gasteiger partial charge < -0.3 is 15.8 Å². The van der Waals surface area contributed by atoms with Crippen LogP contribution in [0.5, 0.6) is 0 Å². The molecule has 1 heterocycles. The number of fused-ring (bicyclic) bond motifs is 1. The summed E-state index contributed by atoms with van der Waals surface area (Å²) in [4.78, 5) is 13.8. The molecule has 0 bridgehead atoms. The number of aliphatic carboxylic acids is 1. The second-order valence-corrected chi connectivity index (χ2v) is 4.57. The van der Waals surface area contributed by atoms with Crippen molar-refractivity contribution < 1.29 is 9.90 Å². The highest BCUT2D eigenvalue weighted by atomic mass is 79.9. The maximum atomic E-state index is 10.7. The van der Waals surface area contributed by atoms with Crippen molar-refractivity contribution in [1.82, 2.24) is 4.98 Å². The lowest BCUT2D eigenvalue weighted by atomic mass is 10.1. The summed E-state index contributed by atoms with van der Waals surface area (Å²) >= 11 is 3.38. The lowest BCUT2D eigenvalue weighted by Crippen LogP contribution is -2.32. The molecule has 0 radical (unpaired) electrons. The van der Waals surface area contributed by atoms with Gasteiger partial charge in [0.25, 0.3) is 0 Å². The van der Waals surface area contributed by atoms with Gasteiger partial charge in [-0.3, -0.25) is 4.79 Å². The van der Waals surface area contributed by atoms with E-state index in [1.807, 2.05) is 18.2 Å². The van der Waals surface area contributed by atoms with Crippen molar-refractivity contribution >= 4 is 32.8 Å². The number of halogens is 1. The van der Waals surface area contributed by atoms with Crippen molar-refractivity contribution in [2.24, 2.45) is 5.73 Å². The van der Waals surface area contributed by atoms with Crippen LogP contribution in [0.2, 0.25) is 0 Å². The van der Waals surface area contributed by atoms with Crippen LogP contribution in [-0.4, -0.2) is 22.1 Å². The SMILES string of the molecule is N[C@@H](Cc1c[nH]c2ccc(Br)cc12)C(=O)O. The Morgan fingerprint density at radius 2 is 2.31 bits per heavy atom. The molecule has 0 spiro atoms. The summed E-state index contributed by atoms with van der Waals surface area (Å²) in [7, 11) is 0. The number of benzene rings is 1. The molecule has 0 fully saturated rings. The van der Waals surface area contributed by atoms with Gasteiger partial charge in [-0.15, -0.1) is 0 Å². The third-order valence-electron chi connectivity index (χ3n) is 2.49. The van der Waals surface area contributed by atoms with Crippen LogP contribution >= 0.6 is 15.9 Å². The zero-order valence-electron chi connectivity index (χ0n) is 8.40. The van der Waals surface area contributed by atoms with Crippen LogP contribution in [0.25, 0.3) is 10.9 Å². The molecule has 2 aromatic rings. The van der Waals surface area contributed by atoms with Crippen molar-refractivity contribution in [2.45, 2.75) is 12.5 Å². The van der Waals surface area contributed by atoms with Crippen LogP contribution in [0, 0.1) is 0 Å². The molecule has 0 aliphatic heterocycles. The van der Waals surface area contributed by atoms with Gasteiger partial charge in [0.1, 0.15) is 6.04 Å². The van der Waals surface area contributed by atoms with E-state index in [2.05, 4.69) is 20.9 Å². The Morgan fingerprint density at radius 1 is 1.56 bits per heavy atom. The zero-order chi connectivity index (χ0) is 11.7. The highest BCUT2D eigenvalue weighted by molar-refractivity contribution is 9.10. The first-order chi connectivity index (χ1) is 7.58. The average Bonchev–Trinajstić information content (AvgIpc) is 2.61. The van der Waals surface area contributed by atoms with Crippen molar-refractivity contribution in [3.63, 3.8) is 0 Å².